The van der Waals surface area contributed by atoms with E-state index >= 15 is 8.78 Å². The van der Waals surface area contributed by atoms with Gasteiger partial charge in [-0.25, -0.2) is 13.6 Å². The first kappa shape index (κ1) is 33.5. The summed E-state index contributed by atoms with van der Waals surface area (Å²) in [6.45, 7) is 0.254. The fourth-order valence-corrected chi connectivity index (χ4v) is 5.37. The topological polar surface area (TPSA) is 105 Å². The number of nitrogens with one attached hydrogen (secondary N) is 1. The van der Waals surface area contributed by atoms with Crippen molar-refractivity contribution in [2.75, 3.05) is 24.7 Å². The first-order valence-corrected chi connectivity index (χ1v) is 13.9. The van der Waals surface area contributed by atoms with Gasteiger partial charge in [0, 0.05) is 41.5 Å². The fraction of sp³-hybridized carbons (Fsp3) is 0.290. The van der Waals surface area contributed by atoms with Crippen LogP contribution in [0.2, 0.25) is 0 Å². The van der Waals surface area contributed by atoms with Crippen LogP contribution >= 0.6 is 0 Å². The standard InChI is InChI=1S/C31H24F8N4O4/c1-15-4-7-20(30(34,35)36)27(41-15)19-6-5-16(18-3-2-8-40-26(18)19)11-23(29(45)46)42-28(44)25-21(32)12-17(13-22(25)33)43-9-10-47-14-24(43)31(37,38)39/h2-8,12-13,23-24H,9-11,14H2,1H3,(H,42,44)(H,45,46)/t23-,24+/m0/s1. The molecule has 0 aliphatic carbocycles. The van der Waals surface area contributed by atoms with Gasteiger partial charge in [0.2, 0.25) is 0 Å². The molecule has 0 bridgehead atoms. The van der Waals surface area contributed by atoms with Gasteiger partial charge in [-0.1, -0.05) is 18.2 Å². The summed E-state index contributed by atoms with van der Waals surface area (Å²) < 4.78 is 117. The van der Waals surface area contributed by atoms with Gasteiger partial charge >= 0.3 is 18.3 Å². The number of fused-ring (bicyclic) bond motifs is 1. The highest BCUT2D eigenvalue weighted by Gasteiger charge is 2.46. The number of aryl methyl sites for hydroxylation is 1. The van der Waals surface area contributed by atoms with Crippen molar-refractivity contribution in [2.45, 2.75) is 37.8 Å². The molecule has 0 saturated carbocycles. The van der Waals surface area contributed by atoms with Crippen LogP contribution in [-0.2, 0) is 22.1 Å². The van der Waals surface area contributed by atoms with Crippen molar-refractivity contribution >= 4 is 28.5 Å². The molecule has 1 aliphatic heterocycles. The van der Waals surface area contributed by atoms with Crippen molar-refractivity contribution in [3.8, 4) is 11.3 Å². The quantitative estimate of drug-likeness (QED) is 0.230. The molecule has 0 unspecified atom stereocenters. The summed E-state index contributed by atoms with van der Waals surface area (Å²) in [5.41, 5.74) is -2.55. The molecule has 2 N–H and O–H groups in total. The second-order valence-corrected chi connectivity index (χ2v) is 10.7. The van der Waals surface area contributed by atoms with Crippen LogP contribution in [0.1, 0.15) is 27.2 Å². The molecule has 1 amide bonds. The molecule has 5 rings (SSSR count). The van der Waals surface area contributed by atoms with Crippen LogP contribution < -0.4 is 10.2 Å². The summed E-state index contributed by atoms with van der Waals surface area (Å²) in [7, 11) is 0. The lowest BCUT2D eigenvalue weighted by atomic mass is 9.95. The number of hydrogen-bond acceptors (Lipinski definition) is 6. The molecule has 0 spiro atoms. The molecule has 2 atom stereocenters. The van der Waals surface area contributed by atoms with E-state index in [-0.39, 0.29) is 35.2 Å². The predicted molar refractivity (Wildman–Crippen MR) is 152 cm³/mol. The van der Waals surface area contributed by atoms with E-state index < -0.39 is 83.5 Å². The molecule has 1 saturated heterocycles. The average Bonchev–Trinajstić information content (AvgIpc) is 2.99. The van der Waals surface area contributed by atoms with Crippen LogP contribution in [0.3, 0.4) is 0 Å². The van der Waals surface area contributed by atoms with Gasteiger partial charge in [0.05, 0.1) is 30.0 Å². The van der Waals surface area contributed by atoms with Gasteiger partial charge < -0.3 is 20.1 Å². The number of rotatable bonds is 7. The first-order chi connectivity index (χ1) is 22.1. The Morgan fingerprint density at radius 3 is 2.40 bits per heavy atom. The summed E-state index contributed by atoms with van der Waals surface area (Å²) in [4.78, 5) is 34.1. The predicted octanol–water partition coefficient (Wildman–Crippen LogP) is 6.10. The molecule has 2 aromatic heterocycles. The number of carboxylic acids is 1. The Labute approximate surface area is 261 Å². The third-order valence-electron chi connectivity index (χ3n) is 7.57. The van der Waals surface area contributed by atoms with Crippen LogP contribution in [0.25, 0.3) is 22.2 Å². The number of carbonyl (C=O) groups is 2. The third-order valence-corrected chi connectivity index (χ3v) is 7.57. The summed E-state index contributed by atoms with van der Waals surface area (Å²) >= 11 is 0. The zero-order valence-electron chi connectivity index (χ0n) is 24.2. The van der Waals surface area contributed by atoms with Gasteiger partial charge in [0.1, 0.15) is 29.3 Å². The molecule has 3 heterocycles. The molecular weight excluding hydrogens is 644 g/mol. The molecule has 1 aliphatic rings. The number of aliphatic carboxylic acids is 1. The Morgan fingerprint density at radius 2 is 1.77 bits per heavy atom. The molecule has 0 radical (unpaired) electrons. The lowest BCUT2D eigenvalue weighted by Gasteiger charge is -2.38. The number of halogens is 8. The molecule has 47 heavy (non-hydrogen) atoms. The van der Waals surface area contributed by atoms with Crippen LogP contribution in [-0.4, -0.2) is 65.0 Å². The van der Waals surface area contributed by atoms with Crippen LogP contribution in [0.5, 0.6) is 0 Å². The molecule has 248 valence electrons. The summed E-state index contributed by atoms with van der Waals surface area (Å²) in [6.07, 6.45) is -8.70. The van der Waals surface area contributed by atoms with E-state index in [2.05, 4.69) is 9.97 Å². The minimum Gasteiger partial charge on any atom is -0.480 e. The lowest BCUT2D eigenvalue weighted by molar-refractivity contribution is -0.167. The van der Waals surface area contributed by atoms with Gasteiger partial charge in [0.15, 0.2) is 0 Å². The maximum absolute atomic E-state index is 15.1. The Morgan fingerprint density at radius 1 is 1.06 bits per heavy atom. The number of nitrogens with zero attached hydrogens (tertiary/aromatic N) is 3. The Kier molecular flexibility index (Phi) is 9.08. The van der Waals surface area contributed by atoms with Crippen LogP contribution in [0.4, 0.5) is 40.8 Å². The SMILES string of the molecule is Cc1ccc(C(F)(F)F)c(-c2ccc(C[C@H](NC(=O)c3c(F)cc(N4CCOC[C@@H]4C(F)(F)F)cc3F)C(=O)O)c3cccnc23)n1. The number of anilines is 1. The highest BCUT2D eigenvalue weighted by Crippen LogP contribution is 2.39. The third kappa shape index (κ3) is 6.96. The van der Waals surface area contributed by atoms with Gasteiger partial charge in [0.25, 0.3) is 5.91 Å². The van der Waals surface area contributed by atoms with Gasteiger partial charge in [-0.3, -0.25) is 14.8 Å². The van der Waals surface area contributed by atoms with Gasteiger partial charge in [-0.2, -0.15) is 26.3 Å². The van der Waals surface area contributed by atoms with Gasteiger partial charge in [-0.05, 0) is 42.8 Å². The van der Waals surface area contributed by atoms with E-state index in [4.69, 9.17) is 4.74 Å². The number of carboxylic acid groups (broad SMARTS) is 1. The Bertz CT molecular complexity index is 1820. The minimum absolute atomic E-state index is 0.00791. The van der Waals surface area contributed by atoms with Crippen molar-refractivity contribution in [3.05, 3.63) is 88.7 Å². The van der Waals surface area contributed by atoms with Crippen molar-refractivity contribution in [2.24, 2.45) is 0 Å². The normalized spacial score (nSPS) is 16.3. The van der Waals surface area contributed by atoms with E-state index in [1.54, 1.807) is 0 Å². The molecule has 4 aromatic rings. The molecular formula is C31H24F8N4O4. The van der Waals surface area contributed by atoms with E-state index in [1.807, 2.05) is 5.32 Å². The highest BCUT2D eigenvalue weighted by molar-refractivity contribution is 5.98. The van der Waals surface area contributed by atoms with Crippen molar-refractivity contribution in [1.29, 1.82) is 0 Å². The molecule has 2 aromatic carbocycles. The number of alkyl halides is 6. The van der Waals surface area contributed by atoms with Gasteiger partial charge in [-0.15, -0.1) is 0 Å². The van der Waals surface area contributed by atoms with Crippen LogP contribution in [0, 0.1) is 18.6 Å². The lowest BCUT2D eigenvalue weighted by Crippen LogP contribution is -2.53. The summed E-state index contributed by atoms with van der Waals surface area (Å²) in [5.74, 6) is -6.16. The average molecular weight is 669 g/mol. The zero-order valence-corrected chi connectivity index (χ0v) is 24.2. The molecule has 1 fully saturated rings. The zero-order chi connectivity index (χ0) is 34.3. The minimum atomic E-state index is -4.78. The Balaban J connectivity index is 1.45. The number of hydrogen-bond donors (Lipinski definition) is 2. The number of ether oxygens (including phenoxy) is 1. The number of carbonyl (C=O) groups excluding carboxylic acids is 1. The number of aromatic nitrogens is 2. The second-order valence-electron chi connectivity index (χ2n) is 10.7. The monoisotopic (exact) mass is 668 g/mol. The maximum atomic E-state index is 15.1. The first-order valence-electron chi connectivity index (χ1n) is 13.9. The van der Waals surface area contributed by atoms with E-state index in [0.29, 0.717) is 22.7 Å². The van der Waals surface area contributed by atoms with Crippen molar-refractivity contribution in [3.63, 3.8) is 0 Å². The van der Waals surface area contributed by atoms with E-state index in [1.165, 1.54) is 43.5 Å². The Hall–Kier alpha value is -4.86. The summed E-state index contributed by atoms with van der Waals surface area (Å²) in [6, 6.07) is 4.74. The summed E-state index contributed by atoms with van der Waals surface area (Å²) in [5, 5.41) is 12.1. The maximum Gasteiger partial charge on any atom is 0.418 e. The van der Waals surface area contributed by atoms with E-state index in [0.717, 1.165) is 6.07 Å². The number of benzene rings is 2. The van der Waals surface area contributed by atoms with Crippen LogP contribution in [0.15, 0.2) is 54.7 Å². The number of morpholine rings is 1. The van der Waals surface area contributed by atoms with E-state index in [9.17, 15) is 41.0 Å². The smallest absolute Gasteiger partial charge is 0.418 e. The van der Waals surface area contributed by atoms with Crippen molar-refractivity contribution in [1.82, 2.24) is 15.3 Å². The largest absolute Gasteiger partial charge is 0.480 e. The van der Waals surface area contributed by atoms with Crippen molar-refractivity contribution < 1.29 is 54.6 Å². The highest BCUT2D eigenvalue weighted by atomic mass is 19.4. The molecule has 16 heteroatoms. The fourth-order valence-electron chi connectivity index (χ4n) is 5.37. The number of pyridine rings is 2. The molecule has 8 nitrogen and oxygen atoms in total. The number of amides is 1. The second kappa shape index (κ2) is 12.7.